The number of hydroxylamine groups is 1. The van der Waals surface area contributed by atoms with Crippen LogP contribution in [0, 0.1) is 11.8 Å². The Bertz CT molecular complexity index is 896. The van der Waals surface area contributed by atoms with Crippen LogP contribution in [0.2, 0.25) is 0 Å². The summed E-state index contributed by atoms with van der Waals surface area (Å²) in [6.07, 6.45) is -4.38. The van der Waals surface area contributed by atoms with Crippen LogP contribution >= 0.6 is 0 Å². The molecule has 1 amide bonds. The number of rotatable bonds is 5. The van der Waals surface area contributed by atoms with E-state index in [9.17, 15) is 18.0 Å². The Balaban J connectivity index is 2.06. The van der Waals surface area contributed by atoms with E-state index in [0.29, 0.717) is 22.4 Å². The molecular weight excluding hydrogens is 371 g/mol. The minimum atomic E-state index is -4.38. The number of halogens is 3. The fourth-order valence-corrected chi connectivity index (χ4v) is 2.24. The quantitative estimate of drug-likeness (QED) is 0.360. The second kappa shape index (κ2) is 9.08. The summed E-state index contributed by atoms with van der Waals surface area (Å²) >= 11 is 0. The topological polar surface area (TPSA) is 87.4 Å². The number of hydrogen-bond acceptors (Lipinski definition) is 4. The van der Waals surface area contributed by atoms with E-state index in [4.69, 9.17) is 10.9 Å². The summed E-state index contributed by atoms with van der Waals surface area (Å²) in [7, 11) is 0. The van der Waals surface area contributed by atoms with E-state index in [1.165, 1.54) is 17.6 Å². The second-order valence-corrected chi connectivity index (χ2v) is 5.79. The van der Waals surface area contributed by atoms with E-state index in [0.717, 1.165) is 12.1 Å². The first-order valence-electron chi connectivity index (χ1n) is 8.13. The SMILES string of the molecule is C=C(N[C@@H](CN)C(=O)NO)c1ccc(C#Cc2ccc(C(F)(F)F)cc2)cc1. The third-order valence-electron chi connectivity index (χ3n) is 3.81. The molecule has 0 aliphatic heterocycles. The fourth-order valence-electron chi connectivity index (χ4n) is 2.24. The molecule has 0 aromatic heterocycles. The molecule has 8 heteroatoms. The predicted octanol–water partition coefficient (Wildman–Crippen LogP) is 2.50. The van der Waals surface area contributed by atoms with Gasteiger partial charge in [-0.15, -0.1) is 0 Å². The summed E-state index contributed by atoms with van der Waals surface area (Å²) < 4.78 is 37.6. The summed E-state index contributed by atoms with van der Waals surface area (Å²) in [5.41, 5.74) is 8.50. The third kappa shape index (κ3) is 5.61. The van der Waals surface area contributed by atoms with Gasteiger partial charge in [0, 0.05) is 23.4 Å². The van der Waals surface area contributed by atoms with Gasteiger partial charge in [0.25, 0.3) is 5.91 Å². The maximum Gasteiger partial charge on any atom is 0.416 e. The van der Waals surface area contributed by atoms with Crippen LogP contribution < -0.4 is 16.5 Å². The standard InChI is InChI=1S/C20H18F3N3O2/c1-13(25-18(12-24)19(27)26-28)16-8-4-14(5-9-16)2-3-15-6-10-17(11-7-15)20(21,22)23/h4-11,18,25,28H,1,12,24H2,(H,26,27)/t18-/m0/s1. The molecule has 0 aliphatic carbocycles. The second-order valence-electron chi connectivity index (χ2n) is 5.79. The van der Waals surface area contributed by atoms with Crippen molar-refractivity contribution >= 4 is 11.6 Å². The van der Waals surface area contributed by atoms with Gasteiger partial charge in [0.1, 0.15) is 6.04 Å². The Kier molecular flexibility index (Phi) is 6.82. The zero-order valence-corrected chi connectivity index (χ0v) is 14.7. The molecule has 2 rings (SSSR count). The van der Waals surface area contributed by atoms with Gasteiger partial charge in [-0.25, -0.2) is 5.48 Å². The van der Waals surface area contributed by atoms with Crippen molar-refractivity contribution in [3.05, 3.63) is 77.4 Å². The molecule has 0 bridgehead atoms. The van der Waals surface area contributed by atoms with Gasteiger partial charge in [0.15, 0.2) is 0 Å². The monoisotopic (exact) mass is 389 g/mol. The van der Waals surface area contributed by atoms with Crippen LogP contribution in [0.4, 0.5) is 13.2 Å². The minimum Gasteiger partial charge on any atom is -0.373 e. The molecule has 146 valence electrons. The third-order valence-corrected chi connectivity index (χ3v) is 3.81. The van der Waals surface area contributed by atoms with Crippen LogP contribution in [-0.2, 0) is 11.0 Å². The van der Waals surface area contributed by atoms with Gasteiger partial charge < -0.3 is 11.1 Å². The number of carbonyl (C=O) groups excluding carboxylic acids is 1. The van der Waals surface area contributed by atoms with Crippen molar-refractivity contribution in [2.75, 3.05) is 6.54 Å². The van der Waals surface area contributed by atoms with Gasteiger partial charge in [0.2, 0.25) is 0 Å². The number of alkyl halides is 3. The zero-order chi connectivity index (χ0) is 20.7. The number of carbonyl (C=O) groups is 1. The lowest BCUT2D eigenvalue weighted by Gasteiger charge is -2.17. The molecule has 2 aromatic carbocycles. The van der Waals surface area contributed by atoms with Crippen molar-refractivity contribution in [2.45, 2.75) is 12.2 Å². The molecular formula is C20H18F3N3O2. The number of amides is 1. The lowest BCUT2D eigenvalue weighted by Crippen LogP contribution is -2.46. The molecule has 0 spiro atoms. The van der Waals surface area contributed by atoms with Gasteiger partial charge in [-0.3, -0.25) is 10.0 Å². The van der Waals surface area contributed by atoms with E-state index in [1.807, 2.05) is 0 Å². The number of nitrogens with two attached hydrogens (primary N) is 1. The molecule has 28 heavy (non-hydrogen) atoms. The highest BCUT2D eigenvalue weighted by atomic mass is 19.4. The van der Waals surface area contributed by atoms with Crippen molar-refractivity contribution < 1.29 is 23.2 Å². The van der Waals surface area contributed by atoms with Crippen LogP contribution in [0.1, 0.15) is 22.3 Å². The first-order chi connectivity index (χ1) is 13.2. The van der Waals surface area contributed by atoms with E-state index in [1.54, 1.807) is 24.3 Å². The molecule has 0 saturated heterocycles. The average Bonchev–Trinajstić information content (AvgIpc) is 2.69. The fraction of sp³-hybridized carbons (Fsp3) is 0.150. The molecule has 0 unspecified atom stereocenters. The molecule has 0 heterocycles. The Morgan fingerprint density at radius 2 is 1.57 bits per heavy atom. The molecule has 5 N–H and O–H groups in total. The lowest BCUT2D eigenvalue weighted by molar-refractivity contribution is -0.137. The van der Waals surface area contributed by atoms with Crippen molar-refractivity contribution in [1.82, 2.24) is 10.8 Å². The highest BCUT2D eigenvalue weighted by Gasteiger charge is 2.29. The highest BCUT2D eigenvalue weighted by molar-refractivity contribution is 5.83. The maximum absolute atomic E-state index is 12.5. The van der Waals surface area contributed by atoms with Gasteiger partial charge in [-0.05, 0) is 42.0 Å². The predicted molar refractivity (Wildman–Crippen MR) is 98.8 cm³/mol. The van der Waals surface area contributed by atoms with E-state index in [2.05, 4.69) is 23.7 Å². The van der Waals surface area contributed by atoms with Crippen LogP contribution in [0.15, 0.2) is 55.1 Å². The van der Waals surface area contributed by atoms with Gasteiger partial charge in [-0.2, -0.15) is 13.2 Å². The van der Waals surface area contributed by atoms with Crippen LogP contribution in [0.5, 0.6) is 0 Å². The Morgan fingerprint density at radius 1 is 1.07 bits per heavy atom. The van der Waals surface area contributed by atoms with Crippen LogP contribution in [0.25, 0.3) is 5.70 Å². The Morgan fingerprint density at radius 3 is 2.00 bits per heavy atom. The first-order valence-corrected chi connectivity index (χ1v) is 8.13. The molecule has 0 saturated carbocycles. The average molecular weight is 389 g/mol. The van der Waals surface area contributed by atoms with Gasteiger partial charge in [0.05, 0.1) is 5.56 Å². The molecule has 2 aromatic rings. The van der Waals surface area contributed by atoms with Crippen molar-refractivity contribution in [3.63, 3.8) is 0 Å². The first kappa shape index (κ1) is 21.0. The summed E-state index contributed by atoms with van der Waals surface area (Å²) in [5, 5.41) is 11.5. The maximum atomic E-state index is 12.5. The molecule has 0 radical (unpaired) electrons. The summed E-state index contributed by atoms with van der Waals surface area (Å²) in [6.45, 7) is 3.78. The van der Waals surface area contributed by atoms with Crippen molar-refractivity contribution in [1.29, 1.82) is 0 Å². The van der Waals surface area contributed by atoms with Crippen molar-refractivity contribution in [2.24, 2.45) is 5.73 Å². The van der Waals surface area contributed by atoms with Crippen LogP contribution in [0.3, 0.4) is 0 Å². The largest absolute Gasteiger partial charge is 0.416 e. The van der Waals surface area contributed by atoms with Crippen LogP contribution in [-0.4, -0.2) is 23.7 Å². The van der Waals surface area contributed by atoms with Gasteiger partial charge >= 0.3 is 6.18 Å². The zero-order valence-electron chi connectivity index (χ0n) is 14.7. The summed E-state index contributed by atoms with van der Waals surface area (Å²) in [6, 6.07) is 10.6. The molecule has 1 atom stereocenters. The smallest absolute Gasteiger partial charge is 0.373 e. The lowest BCUT2D eigenvalue weighted by atomic mass is 10.1. The summed E-state index contributed by atoms with van der Waals surface area (Å²) in [4.78, 5) is 11.4. The van der Waals surface area contributed by atoms with E-state index < -0.39 is 23.7 Å². The van der Waals surface area contributed by atoms with E-state index in [-0.39, 0.29) is 6.54 Å². The van der Waals surface area contributed by atoms with E-state index >= 15 is 0 Å². The van der Waals surface area contributed by atoms with Gasteiger partial charge in [-0.1, -0.05) is 30.6 Å². The minimum absolute atomic E-state index is 0.0396. The normalized spacial score (nSPS) is 11.8. The number of benzene rings is 2. The highest BCUT2D eigenvalue weighted by Crippen LogP contribution is 2.28. The molecule has 0 fully saturated rings. The number of nitrogens with one attached hydrogen (secondary N) is 2. The Hall–Kier alpha value is -3.28. The Labute approximate surface area is 160 Å². The number of hydrogen-bond donors (Lipinski definition) is 4. The molecule has 5 nitrogen and oxygen atoms in total. The molecule has 0 aliphatic rings. The van der Waals surface area contributed by atoms with Crippen molar-refractivity contribution in [3.8, 4) is 11.8 Å². The summed E-state index contributed by atoms with van der Waals surface area (Å²) in [5.74, 6) is 4.99.